The van der Waals surface area contributed by atoms with Crippen LogP contribution < -0.4 is 10.9 Å². The van der Waals surface area contributed by atoms with E-state index in [1.165, 1.54) is 18.2 Å². The number of aromatic nitrogens is 1. The number of nitrogens with one attached hydrogen (secondary N) is 2. The van der Waals surface area contributed by atoms with E-state index in [2.05, 4.69) is 40.9 Å². The molecule has 1 amide bonds. The van der Waals surface area contributed by atoms with Gasteiger partial charge in [-0.15, -0.1) is 0 Å². The molecule has 27 heavy (non-hydrogen) atoms. The molecule has 6 nitrogen and oxygen atoms in total. The number of hydrogen-bond donors (Lipinski definition) is 2. The van der Waals surface area contributed by atoms with Gasteiger partial charge in [-0.05, 0) is 50.0 Å². The summed E-state index contributed by atoms with van der Waals surface area (Å²) in [6.07, 6.45) is 0. The average molecular weight is 374 g/mol. The largest absolute Gasteiger partial charge is 0.350 e. The Morgan fingerprint density at radius 1 is 1.22 bits per heavy atom. The number of fused-ring (bicyclic) bond motifs is 1. The Balaban J connectivity index is 1.68. The van der Waals surface area contributed by atoms with Crippen LogP contribution in [-0.4, -0.2) is 65.5 Å². The number of pyridine rings is 1. The van der Waals surface area contributed by atoms with Gasteiger partial charge in [0.1, 0.15) is 11.4 Å². The molecule has 0 saturated carbocycles. The zero-order valence-electron chi connectivity index (χ0n) is 16.1. The van der Waals surface area contributed by atoms with Crippen LogP contribution in [-0.2, 0) is 0 Å². The van der Waals surface area contributed by atoms with Gasteiger partial charge in [0.15, 0.2) is 0 Å². The summed E-state index contributed by atoms with van der Waals surface area (Å²) in [5.74, 6) is -0.844. The number of halogens is 1. The number of benzene rings is 1. The second-order valence-corrected chi connectivity index (χ2v) is 7.66. The molecule has 0 atom stereocenters. The van der Waals surface area contributed by atoms with E-state index in [4.69, 9.17) is 0 Å². The summed E-state index contributed by atoms with van der Waals surface area (Å²) < 4.78 is 13.3. The van der Waals surface area contributed by atoms with Gasteiger partial charge in [0.2, 0.25) is 0 Å². The molecule has 1 aromatic heterocycles. The zero-order chi connectivity index (χ0) is 19.6. The topological polar surface area (TPSA) is 68.4 Å². The highest BCUT2D eigenvalue weighted by molar-refractivity contribution is 5.97. The maximum absolute atomic E-state index is 13.3. The first kappa shape index (κ1) is 19.5. The van der Waals surface area contributed by atoms with Gasteiger partial charge in [0.05, 0.1) is 5.52 Å². The van der Waals surface area contributed by atoms with Gasteiger partial charge in [-0.2, -0.15) is 0 Å². The molecule has 1 aromatic carbocycles. The average Bonchev–Trinajstić information content (AvgIpc) is 2.65. The van der Waals surface area contributed by atoms with E-state index in [-0.39, 0.29) is 11.1 Å². The molecule has 146 valence electrons. The minimum Gasteiger partial charge on any atom is -0.350 e. The molecule has 0 aliphatic carbocycles. The van der Waals surface area contributed by atoms with E-state index >= 15 is 0 Å². The van der Waals surface area contributed by atoms with Gasteiger partial charge < -0.3 is 15.2 Å². The summed E-state index contributed by atoms with van der Waals surface area (Å²) >= 11 is 0. The third-order valence-corrected chi connectivity index (χ3v) is 5.41. The minimum absolute atomic E-state index is 0.0423. The molecule has 1 aliphatic rings. The molecule has 7 heteroatoms. The molecule has 0 bridgehead atoms. The standard InChI is InChI=1S/C20H27FN4O2/c1-4-24-7-9-25(10-8-24)20(2,3)13-22-18(26)16-11-14-5-6-15(21)12-17(14)23-19(16)27/h5-6,11-12H,4,7-10,13H2,1-3H3,(H,22,26)(H,23,27). The van der Waals surface area contributed by atoms with E-state index in [1.807, 2.05) is 0 Å². The number of H-pyrrole nitrogens is 1. The molecule has 2 aromatic rings. The fourth-order valence-electron chi connectivity index (χ4n) is 3.52. The molecular weight excluding hydrogens is 347 g/mol. The molecule has 2 N–H and O–H groups in total. The number of piperazine rings is 1. The predicted octanol–water partition coefficient (Wildman–Crippen LogP) is 1.81. The first-order valence-electron chi connectivity index (χ1n) is 9.38. The molecule has 0 unspecified atom stereocenters. The molecule has 3 rings (SSSR count). The van der Waals surface area contributed by atoms with Crippen molar-refractivity contribution in [2.45, 2.75) is 26.3 Å². The Morgan fingerprint density at radius 2 is 1.93 bits per heavy atom. The quantitative estimate of drug-likeness (QED) is 0.838. The van der Waals surface area contributed by atoms with E-state index in [0.29, 0.717) is 17.4 Å². The van der Waals surface area contributed by atoms with Crippen LogP contribution in [0.3, 0.4) is 0 Å². The van der Waals surface area contributed by atoms with Crippen LogP contribution in [0.25, 0.3) is 10.9 Å². The minimum atomic E-state index is -0.514. The number of carbonyl (C=O) groups is 1. The summed E-state index contributed by atoms with van der Waals surface area (Å²) in [7, 11) is 0. The lowest BCUT2D eigenvalue weighted by Crippen LogP contribution is -2.58. The number of likely N-dealkylation sites (N-methyl/N-ethyl adjacent to an activating group) is 1. The molecule has 1 saturated heterocycles. The highest BCUT2D eigenvalue weighted by Gasteiger charge is 2.30. The zero-order valence-corrected chi connectivity index (χ0v) is 16.1. The highest BCUT2D eigenvalue weighted by atomic mass is 19.1. The van der Waals surface area contributed by atoms with E-state index in [1.54, 1.807) is 6.07 Å². The third kappa shape index (κ3) is 4.36. The normalized spacial score (nSPS) is 16.6. The second kappa shape index (κ2) is 7.78. The lowest BCUT2D eigenvalue weighted by molar-refractivity contribution is 0.0521. The maximum Gasteiger partial charge on any atom is 0.261 e. The van der Waals surface area contributed by atoms with Crippen molar-refractivity contribution in [1.82, 2.24) is 20.1 Å². The van der Waals surface area contributed by atoms with Crippen LogP contribution >= 0.6 is 0 Å². The predicted molar refractivity (Wildman–Crippen MR) is 105 cm³/mol. The van der Waals surface area contributed by atoms with Crippen LogP contribution in [0, 0.1) is 5.82 Å². The van der Waals surface area contributed by atoms with Gasteiger partial charge in [-0.1, -0.05) is 6.92 Å². The number of rotatable bonds is 5. The molecule has 1 fully saturated rings. The number of amides is 1. The summed E-state index contributed by atoms with van der Waals surface area (Å²) in [6.45, 7) is 11.8. The fraction of sp³-hybridized carbons (Fsp3) is 0.500. The summed E-state index contributed by atoms with van der Waals surface area (Å²) in [6, 6.07) is 5.61. The van der Waals surface area contributed by atoms with Gasteiger partial charge >= 0.3 is 0 Å². The molecule has 0 radical (unpaired) electrons. The van der Waals surface area contributed by atoms with Crippen molar-refractivity contribution in [3.63, 3.8) is 0 Å². The van der Waals surface area contributed by atoms with E-state index in [9.17, 15) is 14.0 Å². The van der Waals surface area contributed by atoms with Crippen molar-refractivity contribution in [3.05, 3.63) is 46.0 Å². The van der Waals surface area contributed by atoms with Crippen molar-refractivity contribution in [2.75, 3.05) is 39.3 Å². The Kier molecular flexibility index (Phi) is 5.62. The smallest absolute Gasteiger partial charge is 0.261 e. The first-order chi connectivity index (χ1) is 12.8. The SMILES string of the molecule is CCN1CCN(C(C)(C)CNC(=O)c2cc3ccc(F)cc3[nH]c2=O)CC1. The first-order valence-corrected chi connectivity index (χ1v) is 9.38. The van der Waals surface area contributed by atoms with Gasteiger partial charge in [-0.25, -0.2) is 4.39 Å². The Hall–Kier alpha value is -2.25. The number of aromatic amines is 1. The van der Waals surface area contributed by atoms with Crippen molar-refractivity contribution in [2.24, 2.45) is 0 Å². The van der Waals surface area contributed by atoms with Gasteiger partial charge in [0, 0.05) is 38.3 Å². The third-order valence-electron chi connectivity index (χ3n) is 5.41. The summed E-state index contributed by atoms with van der Waals surface area (Å²) in [4.78, 5) is 32.2. The number of nitrogens with zero attached hydrogens (tertiary/aromatic N) is 2. The number of hydrogen-bond acceptors (Lipinski definition) is 4. The van der Waals surface area contributed by atoms with Crippen molar-refractivity contribution >= 4 is 16.8 Å². The van der Waals surface area contributed by atoms with Crippen LogP contribution in [0.5, 0.6) is 0 Å². The summed E-state index contributed by atoms with van der Waals surface area (Å²) in [5, 5.41) is 3.51. The van der Waals surface area contributed by atoms with Crippen molar-refractivity contribution in [3.8, 4) is 0 Å². The van der Waals surface area contributed by atoms with Gasteiger partial charge in [0.25, 0.3) is 11.5 Å². The van der Waals surface area contributed by atoms with E-state index in [0.717, 1.165) is 32.7 Å². The molecule has 2 heterocycles. The molecule has 1 aliphatic heterocycles. The molecular formula is C20H27FN4O2. The van der Waals surface area contributed by atoms with Crippen molar-refractivity contribution < 1.29 is 9.18 Å². The molecule has 0 spiro atoms. The monoisotopic (exact) mass is 374 g/mol. The van der Waals surface area contributed by atoms with Gasteiger partial charge in [-0.3, -0.25) is 14.5 Å². The summed E-state index contributed by atoms with van der Waals surface area (Å²) in [5.41, 5.74) is -0.297. The Labute approximate surface area is 158 Å². The Bertz CT molecular complexity index is 885. The van der Waals surface area contributed by atoms with Crippen LogP contribution in [0.1, 0.15) is 31.1 Å². The van der Waals surface area contributed by atoms with E-state index < -0.39 is 17.3 Å². The fourth-order valence-corrected chi connectivity index (χ4v) is 3.52. The maximum atomic E-state index is 13.3. The van der Waals surface area contributed by atoms with Crippen LogP contribution in [0.4, 0.5) is 4.39 Å². The lowest BCUT2D eigenvalue weighted by atomic mass is 10.0. The van der Waals surface area contributed by atoms with Crippen molar-refractivity contribution in [1.29, 1.82) is 0 Å². The number of carbonyl (C=O) groups excluding carboxylic acids is 1. The highest BCUT2D eigenvalue weighted by Crippen LogP contribution is 2.17. The van der Waals surface area contributed by atoms with Crippen LogP contribution in [0.15, 0.2) is 29.1 Å². The van der Waals surface area contributed by atoms with Crippen LogP contribution in [0.2, 0.25) is 0 Å². The lowest BCUT2D eigenvalue weighted by Gasteiger charge is -2.44. The Morgan fingerprint density at radius 3 is 2.59 bits per heavy atom. The second-order valence-electron chi connectivity index (χ2n) is 7.66.